The minimum absolute atomic E-state index is 0.417. The highest BCUT2D eigenvalue weighted by atomic mass is 15.1. The highest BCUT2D eigenvalue weighted by Crippen LogP contribution is 2.51. The fourth-order valence-corrected chi connectivity index (χ4v) is 2.22. The van der Waals surface area contributed by atoms with Gasteiger partial charge in [0.05, 0.1) is 0 Å². The molecular formula is C13H20N2. The molecule has 1 fully saturated rings. The smallest absolute Gasteiger partial charge is 0.0363 e. The molecule has 0 aliphatic heterocycles. The summed E-state index contributed by atoms with van der Waals surface area (Å²) in [5.41, 5.74) is 8.86. The van der Waals surface area contributed by atoms with E-state index in [1.807, 2.05) is 0 Å². The van der Waals surface area contributed by atoms with Gasteiger partial charge in [-0.05, 0) is 48.9 Å². The van der Waals surface area contributed by atoms with Crippen LogP contribution in [0.15, 0.2) is 24.3 Å². The molecule has 1 aliphatic rings. The Morgan fingerprint density at radius 3 is 2.60 bits per heavy atom. The lowest BCUT2D eigenvalue weighted by atomic mass is 9.92. The lowest BCUT2D eigenvalue weighted by Gasteiger charge is -2.18. The number of anilines is 1. The van der Waals surface area contributed by atoms with Crippen LogP contribution in [0.3, 0.4) is 0 Å². The van der Waals surface area contributed by atoms with Crippen LogP contribution in [0.5, 0.6) is 0 Å². The zero-order valence-corrected chi connectivity index (χ0v) is 9.66. The Balaban J connectivity index is 2.25. The zero-order valence-electron chi connectivity index (χ0n) is 9.66. The molecule has 0 spiro atoms. The van der Waals surface area contributed by atoms with E-state index in [1.165, 1.54) is 24.1 Å². The molecule has 2 rings (SSSR count). The molecule has 0 bridgehead atoms. The average molecular weight is 204 g/mol. The molecule has 15 heavy (non-hydrogen) atoms. The minimum atomic E-state index is 0.417. The minimum Gasteiger partial charge on any atom is -0.378 e. The first-order valence-corrected chi connectivity index (χ1v) is 5.66. The second-order valence-corrected chi connectivity index (χ2v) is 4.76. The van der Waals surface area contributed by atoms with Crippen molar-refractivity contribution in [1.29, 1.82) is 0 Å². The van der Waals surface area contributed by atoms with E-state index in [0.29, 0.717) is 5.41 Å². The maximum absolute atomic E-state index is 5.68. The van der Waals surface area contributed by atoms with Crippen LogP contribution in [0, 0.1) is 0 Å². The molecule has 0 amide bonds. The van der Waals surface area contributed by atoms with Crippen molar-refractivity contribution in [3.8, 4) is 0 Å². The highest BCUT2D eigenvalue weighted by Gasteiger charge is 2.43. The summed E-state index contributed by atoms with van der Waals surface area (Å²) in [5, 5.41) is 0. The molecule has 0 saturated heterocycles. The summed E-state index contributed by atoms with van der Waals surface area (Å²) in [5.74, 6) is 0. The van der Waals surface area contributed by atoms with Gasteiger partial charge in [-0.25, -0.2) is 0 Å². The highest BCUT2D eigenvalue weighted by molar-refractivity contribution is 5.50. The van der Waals surface area contributed by atoms with E-state index >= 15 is 0 Å². The summed E-state index contributed by atoms with van der Waals surface area (Å²) in [6.07, 6.45) is 3.74. The predicted molar refractivity (Wildman–Crippen MR) is 65.4 cm³/mol. The Hall–Kier alpha value is -1.02. The third-order valence-electron chi connectivity index (χ3n) is 3.45. The number of nitrogens with two attached hydrogens (primary N) is 1. The molecule has 0 aromatic heterocycles. The predicted octanol–water partition coefficient (Wildman–Crippen LogP) is 2.13. The molecule has 2 nitrogen and oxygen atoms in total. The number of benzene rings is 1. The van der Waals surface area contributed by atoms with Gasteiger partial charge < -0.3 is 10.6 Å². The molecule has 0 atom stereocenters. The molecule has 1 saturated carbocycles. The van der Waals surface area contributed by atoms with Crippen molar-refractivity contribution >= 4 is 5.69 Å². The molecule has 0 heterocycles. The Labute approximate surface area is 92.1 Å². The van der Waals surface area contributed by atoms with Gasteiger partial charge in [0.25, 0.3) is 0 Å². The van der Waals surface area contributed by atoms with Gasteiger partial charge in [0.2, 0.25) is 0 Å². The second-order valence-electron chi connectivity index (χ2n) is 4.76. The number of hydrogen-bond acceptors (Lipinski definition) is 2. The summed E-state index contributed by atoms with van der Waals surface area (Å²) in [7, 11) is 4.17. The van der Waals surface area contributed by atoms with Crippen LogP contribution >= 0.6 is 0 Å². The maximum atomic E-state index is 5.68. The van der Waals surface area contributed by atoms with Crippen LogP contribution in [0.25, 0.3) is 0 Å². The number of hydrogen-bond donors (Lipinski definition) is 1. The zero-order chi connectivity index (χ0) is 10.9. The Kier molecular flexibility index (Phi) is 2.70. The van der Waals surface area contributed by atoms with Crippen molar-refractivity contribution in [3.05, 3.63) is 29.8 Å². The van der Waals surface area contributed by atoms with Gasteiger partial charge in [-0.15, -0.1) is 0 Å². The van der Waals surface area contributed by atoms with Gasteiger partial charge in [-0.2, -0.15) is 0 Å². The van der Waals surface area contributed by atoms with Crippen LogP contribution in [-0.2, 0) is 5.41 Å². The van der Waals surface area contributed by atoms with E-state index < -0.39 is 0 Å². The Morgan fingerprint density at radius 2 is 2.07 bits per heavy atom. The second kappa shape index (κ2) is 3.86. The van der Waals surface area contributed by atoms with Gasteiger partial charge in [0.1, 0.15) is 0 Å². The van der Waals surface area contributed by atoms with Crippen molar-refractivity contribution in [1.82, 2.24) is 0 Å². The van der Waals surface area contributed by atoms with E-state index in [0.717, 1.165) is 13.0 Å². The SMILES string of the molecule is CN(C)c1cccc(C2(CCN)CC2)c1. The van der Waals surface area contributed by atoms with Crippen LogP contribution in [0.1, 0.15) is 24.8 Å². The van der Waals surface area contributed by atoms with E-state index in [9.17, 15) is 0 Å². The summed E-state index contributed by atoms with van der Waals surface area (Å²) >= 11 is 0. The van der Waals surface area contributed by atoms with E-state index in [1.54, 1.807) is 0 Å². The fraction of sp³-hybridized carbons (Fsp3) is 0.538. The van der Waals surface area contributed by atoms with Gasteiger partial charge >= 0.3 is 0 Å². The molecule has 2 N–H and O–H groups in total. The lowest BCUT2D eigenvalue weighted by Crippen LogP contribution is -2.15. The van der Waals surface area contributed by atoms with Crippen molar-refractivity contribution in [2.45, 2.75) is 24.7 Å². The summed E-state index contributed by atoms with van der Waals surface area (Å²) < 4.78 is 0. The van der Waals surface area contributed by atoms with Crippen LogP contribution < -0.4 is 10.6 Å². The summed E-state index contributed by atoms with van der Waals surface area (Å²) in [6.45, 7) is 0.798. The van der Waals surface area contributed by atoms with Crippen molar-refractivity contribution in [3.63, 3.8) is 0 Å². The maximum Gasteiger partial charge on any atom is 0.0363 e. The van der Waals surface area contributed by atoms with Gasteiger partial charge in [-0.3, -0.25) is 0 Å². The van der Waals surface area contributed by atoms with Crippen LogP contribution in [0.2, 0.25) is 0 Å². The third-order valence-corrected chi connectivity index (χ3v) is 3.45. The van der Waals surface area contributed by atoms with Gasteiger partial charge in [0, 0.05) is 19.8 Å². The molecular weight excluding hydrogens is 184 g/mol. The van der Waals surface area contributed by atoms with E-state index in [-0.39, 0.29) is 0 Å². The number of rotatable bonds is 4. The fourth-order valence-electron chi connectivity index (χ4n) is 2.22. The largest absolute Gasteiger partial charge is 0.378 e. The van der Waals surface area contributed by atoms with Gasteiger partial charge in [0.15, 0.2) is 0 Å². The standard InChI is InChI=1S/C13H20N2/c1-15(2)12-5-3-4-11(10-12)13(6-7-13)8-9-14/h3-5,10H,6-9,14H2,1-2H3. The van der Waals surface area contributed by atoms with Crippen LogP contribution in [0.4, 0.5) is 5.69 Å². The normalized spacial score (nSPS) is 17.5. The first-order chi connectivity index (χ1) is 7.18. The van der Waals surface area contributed by atoms with Gasteiger partial charge in [-0.1, -0.05) is 12.1 Å². The molecule has 1 aromatic rings. The lowest BCUT2D eigenvalue weighted by molar-refractivity contribution is 0.629. The molecule has 1 aliphatic carbocycles. The van der Waals surface area contributed by atoms with Crippen molar-refractivity contribution in [2.75, 3.05) is 25.5 Å². The molecule has 1 aromatic carbocycles. The average Bonchev–Trinajstić information content (AvgIpc) is 3.00. The summed E-state index contributed by atoms with van der Waals surface area (Å²) in [4.78, 5) is 2.15. The number of nitrogens with zero attached hydrogens (tertiary/aromatic N) is 1. The summed E-state index contributed by atoms with van der Waals surface area (Å²) in [6, 6.07) is 8.86. The quantitative estimate of drug-likeness (QED) is 0.814. The molecule has 0 radical (unpaired) electrons. The molecule has 82 valence electrons. The molecule has 2 heteroatoms. The van der Waals surface area contributed by atoms with Crippen LogP contribution in [-0.4, -0.2) is 20.6 Å². The Morgan fingerprint density at radius 1 is 1.33 bits per heavy atom. The topological polar surface area (TPSA) is 29.3 Å². The van der Waals surface area contributed by atoms with Crippen molar-refractivity contribution < 1.29 is 0 Å². The first kappa shape index (κ1) is 10.5. The first-order valence-electron chi connectivity index (χ1n) is 5.66. The monoisotopic (exact) mass is 204 g/mol. The van der Waals surface area contributed by atoms with E-state index in [2.05, 4.69) is 43.3 Å². The van der Waals surface area contributed by atoms with E-state index in [4.69, 9.17) is 5.73 Å². The van der Waals surface area contributed by atoms with Crippen molar-refractivity contribution in [2.24, 2.45) is 5.73 Å². The molecule has 0 unspecified atom stereocenters. The Bertz CT molecular complexity index is 340. The third kappa shape index (κ3) is 2.00.